The van der Waals surface area contributed by atoms with Gasteiger partial charge in [-0.05, 0) is 13.1 Å². The third-order valence-corrected chi connectivity index (χ3v) is 1.47. The van der Waals surface area contributed by atoms with Gasteiger partial charge in [0, 0.05) is 26.2 Å². The third kappa shape index (κ3) is 2.06. The van der Waals surface area contributed by atoms with E-state index in [1.165, 1.54) is 0 Å². The second kappa shape index (κ2) is 3.51. The molecule has 2 heteroatoms. The summed E-state index contributed by atoms with van der Waals surface area (Å²) >= 11 is 0. The minimum absolute atomic E-state index is 1.10. The summed E-state index contributed by atoms with van der Waals surface area (Å²) < 4.78 is 0. The van der Waals surface area contributed by atoms with Crippen LogP contribution in [-0.2, 0) is 0 Å². The number of rotatable bonds is 1. The van der Waals surface area contributed by atoms with Crippen LogP contribution in [0.3, 0.4) is 0 Å². The van der Waals surface area contributed by atoms with Crippen molar-refractivity contribution in [2.24, 2.45) is 0 Å². The lowest BCUT2D eigenvalue weighted by Gasteiger charge is -2.25. The van der Waals surface area contributed by atoms with Gasteiger partial charge in [0.05, 0.1) is 0 Å². The summed E-state index contributed by atoms with van der Waals surface area (Å²) in [5.41, 5.74) is 0. The molecule has 0 bridgehead atoms. The van der Waals surface area contributed by atoms with E-state index in [9.17, 15) is 0 Å². The molecule has 0 amide bonds. The van der Waals surface area contributed by atoms with Crippen LogP contribution in [0.15, 0.2) is 12.3 Å². The predicted molar refractivity (Wildman–Crippen MR) is 38.9 cm³/mol. The van der Waals surface area contributed by atoms with Crippen LogP contribution in [0.5, 0.6) is 0 Å². The van der Waals surface area contributed by atoms with Crippen molar-refractivity contribution in [3.8, 4) is 0 Å². The maximum atomic E-state index is 3.64. The molecule has 1 fully saturated rings. The van der Waals surface area contributed by atoms with Gasteiger partial charge in [-0.2, -0.15) is 0 Å². The molecule has 1 radical (unpaired) electrons. The van der Waals surface area contributed by atoms with Crippen LogP contribution in [-0.4, -0.2) is 31.1 Å². The zero-order valence-corrected chi connectivity index (χ0v) is 5.64. The summed E-state index contributed by atoms with van der Waals surface area (Å²) in [5.74, 6) is 0. The first-order valence-electron chi connectivity index (χ1n) is 3.34. The van der Waals surface area contributed by atoms with E-state index in [1.807, 2.05) is 12.3 Å². The summed E-state index contributed by atoms with van der Waals surface area (Å²) in [7, 11) is 0. The van der Waals surface area contributed by atoms with Gasteiger partial charge in [0.1, 0.15) is 0 Å². The second-order valence-corrected chi connectivity index (χ2v) is 2.17. The van der Waals surface area contributed by atoms with Crippen molar-refractivity contribution in [2.75, 3.05) is 26.2 Å². The van der Waals surface area contributed by atoms with Crippen LogP contribution in [0.2, 0.25) is 0 Å². The molecule has 2 nitrogen and oxygen atoms in total. The Morgan fingerprint density at radius 2 is 2.00 bits per heavy atom. The molecule has 0 aromatic carbocycles. The zero-order chi connectivity index (χ0) is 6.53. The van der Waals surface area contributed by atoms with Gasteiger partial charge >= 0.3 is 0 Å². The summed E-state index contributed by atoms with van der Waals surface area (Å²) in [6.07, 6.45) is 3.88. The summed E-state index contributed by atoms with van der Waals surface area (Å²) in [6, 6.07) is 0. The molecule has 0 aliphatic carbocycles. The average Bonchev–Trinajstić information content (AvgIpc) is 1.91. The van der Waals surface area contributed by atoms with Crippen LogP contribution in [0, 0.1) is 6.92 Å². The number of nitrogens with zero attached hydrogens (tertiary/aromatic N) is 1. The Balaban J connectivity index is 2.23. The maximum absolute atomic E-state index is 3.64. The van der Waals surface area contributed by atoms with E-state index >= 15 is 0 Å². The fraction of sp³-hybridized carbons (Fsp3) is 0.571. The van der Waals surface area contributed by atoms with Crippen molar-refractivity contribution in [3.63, 3.8) is 0 Å². The van der Waals surface area contributed by atoms with Gasteiger partial charge in [-0.1, -0.05) is 6.08 Å². The standard InChI is InChI=1S/C7H13N2/c1-2-5-9-6-3-8-4-7-9/h2,5,8H,1,3-4,6-7H2. The quantitative estimate of drug-likeness (QED) is 0.540. The topological polar surface area (TPSA) is 15.3 Å². The number of nitrogens with one attached hydrogen (secondary N) is 1. The number of piperazine rings is 1. The average molecular weight is 125 g/mol. The molecule has 0 aromatic heterocycles. The molecule has 9 heavy (non-hydrogen) atoms. The van der Waals surface area contributed by atoms with Crippen molar-refractivity contribution >= 4 is 0 Å². The van der Waals surface area contributed by atoms with Gasteiger partial charge in [-0.25, -0.2) is 0 Å². The Morgan fingerprint density at radius 1 is 1.33 bits per heavy atom. The van der Waals surface area contributed by atoms with Gasteiger partial charge in [0.15, 0.2) is 0 Å². The first-order valence-corrected chi connectivity index (χ1v) is 3.34. The molecule has 0 spiro atoms. The van der Waals surface area contributed by atoms with Gasteiger partial charge in [0.25, 0.3) is 0 Å². The van der Waals surface area contributed by atoms with E-state index in [1.54, 1.807) is 0 Å². The number of hydrogen-bond donors (Lipinski definition) is 1. The highest BCUT2D eigenvalue weighted by Gasteiger charge is 2.02. The fourth-order valence-electron chi connectivity index (χ4n) is 0.980. The molecule has 1 aliphatic heterocycles. The van der Waals surface area contributed by atoms with E-state index < -0.39 is 0 Å². The third-order valence-electron chi connectivity index (χ3n) is 1.47. The van der Waals surface area contributed by atoms with Crippen LogP contribution in [0.1, 0.15) is 0 Å². The van der Waals surface area contributed by atoms with Crippen molar-refractivity contribution in [1.82, 2.24) is 10.2 Å². The van der Waals surface area contributed by atoms with Gasteiger partial charge < -0.3 is 10.2 Å². The van der Waals surface area contributed by atoms with Crippen LogP contribution >= 0.6 is 0 Å². The van der Waals surface area contributed by atoms with Gasteiger partial charge in [-0.3, -0.25) is 0 Å². The fourth-order valence-corrected chi connectivity index (χ4v) is 0.980. The van der Waals surface area contributed by atoms with Gasteiger partial charge in [-0.15, -0.1) is 0 Å². The second-order valence-electron chi connectivity index (χ2n) is 2.17. The molecule has 1 heterocycles. The molecule has 1 saturated heterocycles. The van der Waals surface area contributed by atoms with Gasteiger partial charge in [0.2, 0.25) is 0 Å². The van der Waals surface area contributed by atoms with Crippen LogP contribution in [0.25, 0.3) is 0 Å². The normalized spacial score (nSPS) is 21.2. The Kier molecular flexibility index (Phi) is 2.58. The molecule has 1 N–H and O–H groups in total. The Labute approximate surface area is 56.5 Å². The molecule has 0 atom stereocenters. The lowest BCUT2D eigenvalue weighted by molar-refractivity contribution is 0.324. The largest absolute Gasteiger partial charge is 0.375 e. The molecule has 1 aliphatic rings. The van der Waals surface area contributed by atoms with Crippen molar-refractivity contribution in [2.45, 2.75) is 0 Å². The Bertz CT molecular complexity index is 93.1. The molecule has 51 valence electrons. The molecule has 0 aromatic rings. The highest BCUT2D eigenvalue weighted by molar-refractivity contribution is 4.86. The van der Waals surface area contributed by atoms with E-state index in [2.05, 4.69) is 17.1 Å². The van der Waals surface area contributed by atoms with E-state index in [-0.39, 0.29) is 0 Å². The first-order chi connectivity index (χ1) is 4.43. The summed E-state index contributed by atoms with van der Waals surface area (Å²) in [4.78, 5) is 2.27. The smallest absolute Gasteiger partial charge is 0.0298 e. The Morgan fingerprint density at radius 3 is 2.56 bits per heavy atom. The summed E-state index contributed by atoms with van der Waals surface area (Å²) in [6.45, 7) is 8.07. The monoisotopic (exact) mass is 125 g/mol. The predicted octanol–water partition coefficient (Wildman–Crippen LogP) is 0.239. The minimum Gasteiger partial charge on any atom is -0.375 e. The van der Waals surface area contributed by atoms with E-state index in [0.717, 1.165) is 26.2 Å². The van der Waals surface area contributed by atoms with Crippen molar-refractivity contribution in [1.29, 1.82) is 0 Å². The van der Waals surface area contributed by atoms with Crippen LogP contribution < -0.4 is 5.32 Å². The van der Waals surface area contributed by atoms with Crippen molar-refractivity contribution < 1.29 is 0 Å². The van der Waals surface area contributed by atoms with Crippen LogP contribution in [0.4, 0.5) is 0 Å². The number of hydrogen-bond acceptors (Lipinski definition) is 2. The van der Waals surface area contributed by atoms with E-state index in [0.29, 0.717) is 0 Å². The first kappa shape index (κ1) is 6.62. The molecular weight excluding hydrogens is 112 g/mol. The number of allylic oxidation sites excluding steroid dienone is 1. The zero-order valence-electron chi connectivity index (χ0n) is 5.64. The highest BCUT2D eigenvalue weighted by Crippen LogP contribution is 1.91. The summed E-state index contributed by atoms with van der Waals surface area (Å²) in [5, 5.41) is 3.28. The molecule has 0 saturated carbocycles. The van der Waals surface area contributed by atoms with Crippen molar-refractivity contribution in [3.05, 3.63) is 19.2 Å². The Hall–Kier alpha value is -0.500. The lowest BCUT2D eigenvalue weighted by Crippen LogP contribution is -2.40. The molecule has 1 rings (SSSR count). The maximum Gasteiger partial charge on any atom is 0.0298 e. The molecule has 0 unspecified atom stereocenters. The van der Waals surface area contributed by atoms with E-state index in [4.69, 9.17) is 0 Å². The SMILES string of the molecule is [CH2]C=CN1CCNCC1. The lowest BCUT2D eigenvalue weighted by atomic mass is 10.4. The highest BCUT2D eigenvalue weighted by atomic mass is 15.2. The minimum atomic E-state index is 1.10. The molecular formula is C7H13N2.